The Kier molecular flexibility index (Phi) is 31.4. The van der Waals surface area contributed by atoms with Crippen LogP contribution in [0.5, 0.6) is 0 Å². The number of phosphoric acid groups is 1. The molecule has 0 radical (unpaired) electrons. The van der Waals surface area contributed by atoms with Gasteiger partial charge in [-0.15, -0.1) is 0 Å². The van der Waals surface area contributed by atoms with Crippen molar-refractivity contribution in [2.45, 2.75) is 122 Å². The number of benzene rings is 8. The third-order valence-electron chi connectivity index (χ3n) is 14.9. The summed E-state index contributed by atoms with van der Waals surface area (Å²) in [4.78, 5) is 1.97. The van der Waals surface area contributed by atoms with Crippen LogP contribution in [0.2, 0.25) is 0 Å². The van der Waals surface area contributed by atoms with Crippen molar-refractivity contribution in [3.8, 4) is 0 Å². The minimum atomic E-state index is -3.90. The summed E-state index contributed by atoms with van der Waals surface area (Å²) >= 11 is 8.13. The molecule has 0 amide bonds. The van der Waals surface area contributed by atoms with Crippen LogP contribution >= 0.6 is 49.5 Å². The molecule has 4 aliphatic rings. The molecule has 94 heavy (non-hydrogen) atoms. The maximum atomic E-state index is 13.8. The van der Waals surface area contributed by atoms with Crippen molar-refractivity contribution in [3.05, 3.63) is 276 Å². The molecule has 0 bridgehead atoms. The van der Waals surface area contributed by atoms with E-state index in [2.05, 4.69) is 9.05 Å². The maximum absolute atomic E-state index is 13.8. The van der Waals surface area contributed by atoms with E-state index in [4.69, 9.17) is 62.7 Å². The van der Waals surface area contributed by atoms with Crippen LogP contribution in [0.4, 0.5) is 0 Å². The second-order valence-corrected chi connectivity index (χ2v) is 28.6. The van der Waals surface area contributed by atoms with Crippen molar-refractivity contribution in [3.63, 3.8) is 0 Å². The zero-order valence-corrected chi connectivity index (χ0v) is 58.6. The number of rotatable bonds is 26. The molecular weight excluding hydrogens is 1310 g/mol. The van der Waals surface area contributed by atoms with E-state index in [-0.39, 0.29) is 57.4 Å². The standard InChI is InChI=1S/C36H39O8PS.C33H34O5S.C3H6ClO3P.Na.H/c37-45(41-22-13-23-42-45)44-35-34(40-26-30-18-9-3-10-19-30)33(39-25-29-16-7-2-8-17-29)32(27-38-24-28-14-5-1-6-15-28)43-36(35)46-31-20-11-4-12-21-31;34-30-32(37-23-27-17-9-3-10-18-27)31(36-22-26-15-7-2-8-16-26)29(24-35-21-25-13-5-1-6-14-25)38-33(30)39-28-19-11-4-12-20-28;4-8(5)6-2-1-3-7-8;;/h1-12,14-21,32-36H,13,22-27H2;1-20,29-34H,21-24H2;1-3H2;;/q;;;+1;-1. The Labute approximate surface area is 588 Å². The molecule has 4 saturated heterocycles. The van der Waals surface area contributed by atoms with Crippen LogP contribution in [0.25, 0.3) is 0 Å². The Morgan fingerprint density at radius 3 is 1.05 bits per heavy atom. The molecule has 12 rings (SSSR count). The first-order valence-corrected chi connectivity index (χ1v) is 36.7. The topological polar surface area (TPSA) is 174 Å². The van der Waals surface area contributed by atoms with Gasteiger partial charge < -0.3 is 44.4 Å². The van der Waals surface area contributed by atoms with Crippen LogP contribution in [-0.4, -0.2) is 104 Å². The molecule has 16 nitrogen and oxygen atoms in total. The van der Waals surface area contributed by atoms with Gasteiger partial charge in [0.15, 0.2) is 0 Å². The van der Waals surface area contributed by atoms with Gasteiger partial charge in [0, 0.05) is 21.0 Å². The first-order chi connectivity index (χ1) is 45.6. The molecule has 0 spiro atoms. The first kappa shape index (κ1) is 73.9. The average Bonchev–Trinajstić information content (AvgIpc) is 0.793. The van der Waals surface area contributed by atoms with Gasteiger partial charge in [-0.05, 0) is 70.5 Å². The van der Waals surface area contributed by atoms with Crippen molar-refractivity contribution in [2.24, 2.45) is 0 Å². The van der Waals surface area contributed by atoms with Gasteiger partial charge in [-0.2, -0.15) is 0 Å². The smallest absolute Gasteiger partial charge is 1.00 e. The number of phosphoric ester groups is 1. The van der Waals surface area contributed by atoms with Crippen molar-refractivity contribution >= 4 is 49.5 Å². The Morgan fingerprint density at radius 1 is 0.394 bits per heavy atom. The summed E-state index contributed by atoms with van der Waals surface area (Å²) in [6.07, 6.45) is -3.87. The molecule has 10 atom stereocenters. The Morgan fingerprint density at radius 2 is 0.691 bits per heavy atom. The molecule has 4 heterocycles. The Balaban J connectivity index is 0.000000215. The zero-order valence-electron chi connectivity index (χ0n) is 53.4. The van der Waals surface area contributed by atoms with Crippen LogP contribution in [0, 0.1) is 0 Å². The molecular formula is C72H80ClNaO16P2S2. The number of halogens is 1. The monoisotopic (exact) mass is 1380 g/mol. The van der Waals surface area contributed by atoms with Crippen LogP contribution in [0.15, 0.2) is 252 Å². The van der Waals surface area contributed by atoms with Crippen molar-refractivity contribution in [1.29, 1.82) is 0 Å². The summed E-state index contributed by atoms with van der Waals surface area (Å²) in [6.45, 7) is 1.06. The van der Waals surface area contributed by atoms with Crippen LogP contribution < -0.4 is 29.6 Å². The molecule has 8 aromatic rings. The summed E-state index contributed by atoms with van der Waals surface area (Å²) in [5.41, 5.74) is 5.00. The van der Waals surface area contributed by atoms with Gasteiger partial charge >= 0.3 is 44.3 Å². The summed E-state index contributed by atoms with van der Waals surface area (Å²) in [7, 11) is -3.90. The summed E-state index contributed by atoms with van der Waals surface area (Å²) in [6, 6.07) is 79.7. The third-order valence-corrected chi connectivity index (χ3v) is 20.3. The van der Waals surface area contributed by atoms with Crippen LogP contribution in [-0.2, 0) is 109 Å². The number of aliphatic hydroxyl groups excluding tert-OH is 1. The van der Waals surface area contributed by atoms with Gasteiger partial charge in [-0.1, -0.05) is 242 Å². The van der Waals surface area contributed by atoms with Gasteiger partial charge in [-0.25, -0.2) is 9.13 Å². The molecule has 8 aromatic carbocycles. The van der Waals surface area contributed by atoms with Crippen molar-refractivity contribution in [1.82, 2.24) is 0 Å². The summed E-state index contributed by atoms with van der Waals surface area (Å²) in [5.74, 6) is 0. The van der Waals surface area contributed by atoms with E-state index in [0.717, 1.165) is 49.6 Å². The molecule has 0 saturated carbocycles. The van der Waals surface area contributed by atoms with Crippen molar-refractivity contribution < 1.29 is 106 Å². The Hall–Kier alpha value is -4.35. The predicted octanol–water partition coefficient (Wildman–Crippen LogP) is 13.0. The Bertz CT molecular complexity index is 3440. The summed E-state index contributed by atoms with van der Waals surface area (Å²) < 4.78 is 103. The van der Waals surface area contributed by atoms with Gasteiger partial charge in [0.05, 0.1) is 79.3 Å². The SMILES string of the molecule is O=P1(Cl)OCCCO1.O=P1(OC2C(Sc3ccccc3)OC(COCc3ccccc3)C(OCc3ccccc3)C2OCc2ccccc2)OCCCO1.OC1C(Sc2ccccc2)OC(COCc2ccccc2)C(OCc2ccccc2)C1OCc1ccccc1.[H-].[Na+]. The van der Waals surface area contributed by atoms with Crippen molar-refractivity contribution in [2.75, 3.05) is 39.6 Å². The predicted molar refractivity (Wildman–Crippen MR) is 360 cm³/mol. The number of ether oxygens (including phenoxy) is 8. The summed E-state index contributed by atoms with van der Waals surface area (Å²) in [5, 5.41) is 11.6. The van der Waals surface area contributed by atoms with E-state index in [1.807, 2.05) is 243 Å². The molecule has 22 heteroatoms. The molecule has 494 valence electrons. The normalized spacial score (nSPS) is 23.8. The molecule has 4 fully saturated rings. The number of hydrogen-bond acceptors (Lipinski definition) is 18. The fourth-order valence-corrected chi connectivity index (χ4v) is 15.2. The van der Waals surface area contributed by atoms with E-state index in [9.17, 15) is 14.2 Å². The molecule has 4 aliphatic heterocycles. The van der Waals surface area contributed by atoms with E-state index in [1.165, 1.54) is 23.5 Å². The fourth-order valence-electron chi connectivity index (χ4n) is 10.3. The van der Waals surface area contributed by atoms with Gasteiger partial charge in [0.2, 0.25) is 0 Å². The molecule has 0 aliphatic carbocycles. The van der Waals surface area contributed by atoms with Gasteiger partial charge in [-0.3, -0.25) is 22.6 Å². The number of thioether (sulfide) groups is 2. The number of aliphatic hydroxyl groups is 1. The maximum Gasteiger partial charge on any atom is 1.00 e. The van der Waals surface area contributed by atoms with E-state index < -0.39 is 74.5 Å². The van der Waals surface area contributed by atoms with Gasteiger partial charge in [0.1, 0.15) is 59.7 Å². The first-order valence-electron chi connectivity index (χ1n) is 31.1. The van der Waals surface area contributed by atoms with Gasteiger partial charge in [0.25, 0.3) is 0 Å². The average molecular weight is 1390 g/mol. The zero-order chi connectivity index (χ0) is 64.2. The third kappa shape index (κ3) is 24.3. The quantitative estimate of drug-likeness (QED) is 0.0400. The molecule has 1 N–H and O–H groups in total. The minimum absolute atomic E-state index is 0. The second kappa shape index (κ2) is 39.9. The fraction of sp³-hybridized carbons (Fsp3) is 0.333. The van der Waals surface area contributed by atoms with E-state index in [0.29, 0.717) is 59.3 Å². The largest absolute Gasteiger partial charge is 1.00 e. The molecule has 10 unspecified atom stereocenters. The van der Waals surface area contributed by atoms with Crippen LogP contribution in [0.1, 0.15) is 47.6 Å². The van der Waals surface area contributed by atoms with Crippen LogP contribution in [0.3, 0.4) is 0 Å². The van der Waals surface area contributed by atoms with E-state index in [1.54, 1.807) is 0 Å². The minimum Gasteiger partial charge on any atom is -1.00 e. The second-order valence-electron chi connectivity index (χ2n) is 22.0. The number of hydrogen-bond donors (Lipinski definition) is 1. The van der Waals surface area contributed by atoms with E-state index >= 15 is 0 Å². The molecule has 0 aromatic heterocycles.